The fraction of sp³-hybridized carbons (Fsp3) is 0.700. The van der Waals surface area contributed by atoms with Gasteiger partial charge in [0.25, 0.3) is 0 Å². The van der Waals surface area contributed by atoms with Crippen molar-refractivity contribution in [2.75, 3.05) is 13.2 Å². The fourth-order valence-corrected chi connectivity index (χ4v) is 0.939. The molecule has 3 nitrogen and oxygen atoms in total. The lowest BCUT2D eigenvalue weighted by Gasteiger charge is -2.11. The Balaban J connectivity index is 3.39. The average Bonchev–Trinajstić information content (AvgIpc) is 2.12. The van der Waals surface area contributed by atoms with Crippen molar-refractivity contribution in [3.8, 4) is 0 Å². The molecule has 1 unspecified atom stereocenters. The number of carbonyl (C=O) groups excluding carboxylic acids is 1. The Bertz CT molecular complexity index is 157. The summed E-state index contributed by atoms with van der Waals surface area (Å²) in [6, 6.07) is 0.336. The summed E-state index contributed by atoms with van der Waals surface area (Å²) in [6.07, 6.45) is 3.85. The maximum absolute atomic E-state index is 10.9. The number of esters is 1. The molecule has 0 aliphatic rings. The summed E-state index contributed by atoms with van der Waals surface area (Å²) in [5.41, 5.74) is 0. The highest BCUT2D eigenvalue weighted by molar-refractivity contribution is 5.71. The van der Waals surface area contributed by atoms with E-state index in [1.165, 1.54) is 0 Å². The van der Waals surface area contributed by atoms with Crippen LogP contribution in [0.1, 0.15) is 26.7 Å². The molecule has 0 fully saturated rings. The maximum atomic E-state index is 10.9. The Morgan fingerprint density at radius 1 is 1.69 bits per heavy atom. The van der Waals surface area contributed by atoms with E-state index in [1.54, 1.807) is 6.92 Å². The molecule has 0 saturated heterocycles. The van der Waals surface area contributed by atoms with Gasteiger partial charge in [0.15, 0.2) is 0 Å². The number of hydrogen-bond donors (Lipinski definition) is 1. The second-order valence-corrected chi connectivity index (χ2v) is 2.95. The Morgan fingerprint density at radius 3 is 2.92 bits per heavy atom. The quantitative estimate of drug-likeness (QED) is 0.482. The van der Waals surface area contributed by atoms with Gasteiger partial charge in [-0.15, -0.1) is 6.58 Å². The van der Waals surface area contributed by atoms with E-state index in [0.29, 0.717) is 19.2 Å². The van der Waals surface area contributed by atoms with Crippen LogP contribution in [0.2, 0.25) is 0 Å². The standard InChI is InChI=1S/C10H19NO2/c1-4-6-7-9(3)11-8-10(12)13-5-2/h4,9,11H,1,5-8H2,2-3H3. The van der Waals surface area contributed by atoms with Gasteiger partial charge in [0.2, 0.25) is 0 Å². The smallest absolute Gasteiger partial charge is 0.319 e. The predicted octanol–water partition coefficient (Wildman–Crippen LogP) is 1.49. The lowest BCUT2D eigenvalue weighted by Crippen LogP contribution is -2.32. The van der Waals surface area contributed by atoms with Gasteiger partial charge in [0, 0.05) is 6.04 Å². The van der Waals surface area contributed by atoms with Crippen molar-refractivity contribution < 1.29 is 9.53 Å². The summed E-state index contributed by atoms with van der Waals surface area (Å²) >= 11 is 0. The zero-order valence-corrected chi connectivity index (χ0v) is 8.51. The van der Waals surface area contributed by atoms with Crippen LogP contribution < -0.4 is 5.32 Å². The number of nitrogens with one attached hydrogen (secondary N) is 1. The second-order valence-electron chi connectivity index (χ2n) is 2.95. The van der Waals surface area contributed by atoms with Crippen molar-refractivity contribution in [2.24, 2.45) is 0 Å². The normalized spacial score (nSPS) is 12.2. The summed E-state index contributed by atoms with van der Waals surface area (Å²) in [4.78, 5) is 10.9. The van der Waals surface area contributed by atoms with Crippen molar-refractivity contribution in [3.05, 3.63) is 12.7 Å². The molecular formula is C10H19NO2. The molecule has 0 radical (unpaired) electrons. The highest BCUT2D eigenvalue weighted by atomic mass is 16.5. The highest BCUT2D eigenvalue weighted by Crippen LogP contribution is 1.95. The summed E-state index contributed by atoms with van der Waals surface area (Å²) in [5, 5.41) is 3.08. The Labute approximate surface area is 80.2 Å². The third kappa shape index (κ3) is 7.53. The first-order valence-corrected chi connectivity index (χ1v) is 4.70. The van der Waals surface area contributed by atoms with Crippen LogP contribution in [0.4, 0.5) is 0 Å². The average molecular weight is 185 g/mol. The first-order valence-electron chi connectivity index (χ1n) is 4.70. The molecule has 0 saturated carbocycles. The molecule has 0 amide bonds. The van der Waals surface area contributed by atoms with E-state index < -0.39 is 0 Å². The molecule has 0 spiro atoms. The van der Waals surface area contributed by atoms with Gasteiger partial charge in [0.1, 0.15) is 0 Å². The Morgan fingerprint density at radius 2 is 2.38 bits per heavy atom. The second kappa shape index (κ2) is 7.80. The fourth-order valence-electron chi connectivity index (χ4n) is 0.939. The number of allylic oxidation sites excluding steroid dienone is 1. The van der Waals surface area contributed by atoms with E-state index in [9.17, 15) is 4.79 Å². The lowest BCUT2D eigenvalue weighted by atomic mass is 10.2. The summed E-state index contributed by atoms with van der Waals surface area (Å²) < 4.78 is 4.78. The molecule has 0 heterocycles. The van der Waals surface area contributed by atoms with Crippen LogP contribution in [0, 0.1) is 0 Å². The molecular weight excluding hydrogens is 166 g/mol. The monoisotopic (exact) mass is 185 g/mol. The van der Waals surface area contributed by atoms with Gasteiger partial charge in [0.05, 0.1) is 13.2 Å². The van der Waals surface area contributed by atoms with Crippen molar-refractivity contribution in [1.82, 2.24) is 5.32 Å². The van der Waals surface area contributed by atoms with Crippen LogP contribution >= 0.6 is 0 Å². The van der Waals surface area contributed by atoms with Crippen LogP contribution in [0.5, 0.6) is 0 Å². The van der Waals surface area contributed by atoms with E-state index >= 15 is 0 Å². The lowest BCUT2D eigenvalue weighted by molar-refractivity contribution is -0.142. The SMILES string of the molecule is C=CCCC(C)NCC(=O)OCC. The largest absolute Gasteiger partial charge is 0.465 e. The Hall–Kier alpha value is -0.830. The minimum atomic E-state index is -0.187. The van der Waals surface area contributed by atoms with Gasteiger partial charge in [-0.1, -0.05) is 6.08 Å². The summed E-state index contributed by atoms with van der Waals surface area (Å²) in [5.74, 6) is -0.187. The van der Waals surface area contributed by atoms with E-state index in [4.69, 9.17) is 4.74 Å². The third-order valence-corrected chi connectivity index (χ3v) is 1.70. The number of carbonyl (C=O) groups is 1. The minimum absolute atomic E-state index is 0.187. The van der Waals surface area contributed by atoms with Gasteiger partial charge in [-0.25, -0.2) is 0 Å². The number of rotatable bonds is 7. The van der Waals surface area contributed by atoms with E-state index in [-0.39, 0.29) is 5.97 Å². The summed E-state index contributed by atoms with van der Waals surface area (Å²) in [6.45, 7) is 8.23. The first-order chi connectivity index (χ1) is 6.20. The molecule has 0 bridgehead atoms. The molecule has 0 rings (SSSR count). The van der Waals surface area contributed by atoms with Crippen LogP contribution in [0.25, 0.3) is 0 Å². The van der Waals surface area contributed by atoms with Gasteiger partial charge < -0.3 is 10.1 Å². The van der Waals surface area contributed by atoms with Gasteiger partial charge in [-0.05, 0) is 26.7 Å². The van der Waals surface area contributed by atoms with Crippen LogP contribution in [0.15, 0.2) is 12.7 Å². The van der Waals surface area contributed by atoms with Crippen molar-refractivity contribution in [2.45, 2.75) is 32.7 Å². The maximum Gasteiger partial charge on any atom is 0.319 e. The van der Waals surface area contributed by atoms with E-state index in [2.05, 4.69) is 11.9 Å². The number of ether oxygens (including phenoxy) is 1. The molecule has 3 heteroatoms. The topological polar surface area (TPSA) is 38.3 Å². The molecule has 1 N–H and O–H groups in total. The molecule has 0 aromatic carbocycles. The minimum Gasteiger partial charge on any atom is -0.465 e. The molecule has 0 aromatic heterocycles. The van der Waals surface area contributed by atoms with Crippen LogP contribution in [-0.4, -0.2) is 25.2 Å². The van der Waals surface area contributed by atoms with E-state index in [1.807, 2.05) is 13.0 Å². The first kappa shape index (κ1) is 12.2. The van der Waals surface area contributed by atoms with Crippen LogP contribution in [-0.2, 0) is 9.53 Å². The van der Waals surface area contributed by atoms with Gasteiger partial charge >= 0.3 is 5.97 Å². The van der Waals surface area contributed by atoms with Crippen molar-refractivity contribution in [3.63, 3.8) is 0 Å². The van der Waals surface area contributed by atoms with Crippen molar-refractivity contribution in [1.29, 1.82) is 0 Å². The molecule has 0 aliphatic heterocycles. The van der Waals surface area contributed by atoms with Crippen LogP contribution in [0.3, 0.4) is 0 Å². The van der Waals surface area contributed by atoms with Crippen molar-refractivity contribution >= 4 is 5.97 Å². The highest BCUT2D eigenvalue weighted by Gasteiger charge is 2.04. The third-order valence-electron chi connectivity index (χ3n) is 1.70. The molecule has 1 atom stereocenters. The Kier molecular flexibility index (Phi) is 7.30. The number of hydrogen-bond acceptors (Lipinski definition) is 3. The van der Waals surface area contributed by atoms with Gasteiger partial charge in [-0.3, -0.25) is 4.79 Å². The predicted molar refractivity (Wildman–Crippen MR) is 53.5 cm³/mol. The van der Waals surface area contributed by atoms with Gasteiger partial charge in [-0.2, -0.15) is 0 Å². The van der Waals surface area contributed by atoms with E-state index in [0.717, 1.165) is 12.8 Å². The molecule has 13 heavy (non-hydrogen) atoms. The molecule has 76 valence electrons. The zero-order valence-electron chi connectivity index (χ0n) is 8.51. The summed E-state index contributed by atoms with van der Waals surface area (Å²) in [7, 11) is 0. The molecule has 0 aliphatic carbocycles. The molecule has 0 aromatic rings. The zero-order chi connectivity index (χ0) is 10.1.